The summed E-state index contributed by atoms with van der Waals surface area (Å²) < 4.78 is 0.917. The van der Waals surface area contributed by atoms with Crippen LogP contribution in [0.1, 0.15) is 5.56 Å². The van der Waals surface area contributed by atoms with E-state index in [1.165, 1.54) is 0 Å². The van der Waals surface area contributed by atoms with Gasteiger partial charge in [0.2, 0.25) is 11.8 Å². The summed E-state index contributed by atoms with van der Waals surface area (Å²) in [5.41, 5.74) is 1.20. The van der Waals surface area contributed by atoms with Crippen molar-refractivity contribution in [3.63, 3.8) is 0 Å². The van der Waals surface area contributed by atoms with Gasteiger partial charge in [0.25, 0.3) is 0 Å². The minimum atomic E-state index is -0.328. The summed E-state index contributed by atoms with van der Waals surface area (Å²) in [6.45, 7) is -0.128. The number of nitrogens with one attached hydrogen (secondary N) is 2. The van der Waals surface area contributed by atoms with Gasteiger partial charge < -0.3 is 10.6 Å². The molecule has 0 radical (unpaired) electrons. The van der Waals surface area contributed by atoms with Crippen LogP contribution in [0.25, 0.3) is 0 Å². The fourth-order valence-electron chi connectivity index (χ4n) is 1.84. The highest BCUT2D eigenvalue weighted by Crippen LogP contribution is 2.24. The zero-order chi connectivity index (χ0) is 16.8. The molecule has 2 aromatic rings. The van der Waals surface area contributed by atoms with Crippen LogP contribution in [0.3, 0.4) is 0 Å². The molecule has 0 atom stereocenters. The minimum Gasteiger partial charge on any atom is -0.347 e. The van der Waals surface area contributed by atoms with Gasteiger partial charge >= 0.3 is 0 Å². The average Bonchev–Trinajstić information content (AvgIpc) is 2.51. The highest BCUT2D eigenvalue weighted by molar-refractivity contribution is 9.10. The maximum Gasteiger partial charge on any atom is 0.243 e. The molecular weight excluding hydrogens is 403 g/mol. The van der Waals surface area contributed by atoms with Crippen molar-refractivity contribution in [3.8, 4) is 0 Å². The van der Waals surface area contributed by atoms with E-state index in [0.717, 1.165) is 4.47 Å². The molecule has 23 heavy (non-hydrogen) atoms. The molecule has 0 aliphatic heterocycles. The molecule has 2 rings (SSSR count). The van der Waals surface area contributed by atoms with Gasteiger partial charge in [-0.3, -0.25) is 9.59 Å². The standard InChI is InChI=1S/C16H13BrCl2N2O2/c17-10-4-6-11(7-5-10)21-16(23)9-20-15(22)8-12-13(18)2-1-3-14(12)19/h1-7H,8-9H2,(H,20,22)(H,21,23). The van der Waals surface area contributed by atoms with E-state index in [4.69, 9.17) is 23.2 Å². The van der Waals surface area contributed by atoms with E-state index < -0.39 is 0 Å². The Kier molecular flexibility index (Phi) is 6.45. The zero-order valence-corrected chi connectivity index (χ0v) is 15.0. The topological polar surface area (TPSA) is 58.2 Å². The average molecular weight is 416 g/mol. The molecule has 0 heterocycles. The second kappa shape index (κ2) is 8.34. The molecule has 0 aromatic heterocycles. The number of hydrogen-bond donors (Lipinski definition) is 2. The minimum absolute atomic E-state index is 0.0179. The summed E-state index contributed by atoms with van der Waals surface area (Å²) in [6, 6.07) is 12.2. The van der Waals surface area contributed by atoms with Crippen molar-refractivity contribution < 1.29 is 9.59 Å². The van der Waals surface area contributed by atoms with Crippen LogP contribution >= 0.6 is 39.1 Å². The van der Waals surface area contributed by atoms with Crippen LogP contribution in [0.5, 0.6) is 0 Å². The van der Waals surface area contributed by atoms with Crippen LogP contribution in [0, 0.1) is 0 Å². The Bertz CT molecular complexity index is 700. The van der Waals surface area contributed by atoms with Crippen LogP contribution in [0.2, 0.25) is 10.0 Å². The van der Waals surface area contributed by atoms with Crippen molar-refractivity contribution in [1.82, 2.24) is 5.32 Å². The van der Waals surface area contributed by atoms with E-state index in [-0.39, 0.29) is 24.8 Å². The van der Waals surface area contributed by atoms with E-state index in [1.807, 2.05) is 12.1 Å². The van der Waals surface area contributed by atoms with Crippen molar-refractivity contribution in [2.45, 2.75) is 6.42 Å². The molecule has 0 unspecified atom stereocenters. The van der Waals surface area contributed by atoms with Crippen molar-refractivity contribution in [2.75, 3.05) is 11.9 Å². The van der Waals surface area contributed by atoms with E-state index >= 15 is 0 Å². The van der Waals surface area contributed by atoms with Gasteiger partial charge in [-0.05, 0) is 42.0 Å². The summed E-state index contributed by atoms with van der Waals surface area (Å²) >= 11 is 15.3. The quantitative estimate of drug-likeness (QED) is 0.773. The predicted molar refractivity (Wildman–Crippen MR) is 95.9 cm³/mol. The van der Waals surface area contributed by atoms with Gasteiger partial charge in [-0.2, -0.15) is 0 Å². The first kappa shape index (κ1) is 17.8. The molecule has 0 fully saturated rings. The van der Waals surface area contributed by atoms with Crippen LogP contribution in [0.4, 0.5) is 5.69 Å². The Balaban J connectivity index is 1.84. The maximum atomic E-state index is 11.9. The van der Waals surface area contributed by atoms with Crippen molar-refractivity contribution >= 4 is 56.6 Å². The Labute approximate surface area is 152 Å². The van der Waals surface area contributed by atoms with Crippen LogP contribution in [-0.4, -0.2) is 18.4 Å². The number of anilines is 1. The van der Waals surface area contributed by atoms with Crippen LogP contribution < -0.4 is 10.6 Å². The molecule has 0 saturated heterocycles. The Morgan fingerprint density at radius 3 is 2.17 bits per heavy atom. The molecule has 2 amide bonds. The third-order valence-corrected chi connectivity index (χ3v) is 4.21. The van der Waals surface area contributed by atoms with Crippen LogP contribution in [-0.2, 0) is 16.0 Å². The van der Waals surface area contributed by atoms with Gasteiger partial charge in [0, 0.05) is 20.2 Å². The number of halogens is 3. The number of rotatable bonds is 5. The molecule has 7 heteroatoms. The van der Waals surface area contributed by atoms with Gasteiger partial charge in [0.15, 0.2) is 0 Å². The molecule has 0 aliphatic rings. The fourth-order valence-corrected chi connectivity index (χ4v) is 2.64. The first-order valence-corrected chi connectivity index (χ1v) is 8.25. The molecule has 120 valence electrons. The number of carbonyl (C=O) groups is 2. The fraction of sp³-hybridized carbons (Fsp3) is 0.125. The van der Waals surface area contributed by atoms with Gasteiger partial charge in [-0.25, -0.2) is 0 Å². The largest absolute Gasteiger partial charge is 0.347 e. The predicted octanol–water partition coefficient (Wildman–Crippen LogP) is 4.05. The summed E-state index contributed by atoms with van der Waals surface area (Å²) in [4.78, 5) is 23.7. The lowest BCUT2D eigenvalue weighted by Crippen LogP contribution is -2.33. The highest BCUT2D eigenvalue weighted by atomic mass is 79.9. The third kappa shape index (κ3) is 5.53. The normalized spacial score (nSPS) is 10.2. The maximum absolute atomic E-state index is 11.9. The lowest BCUT2D eigenvalue weighted by molar-refractivity contribution is -0.123. The lowest BCUT2D eigenvalue weighted by atomic mass is 10.1. The first-order chi connectivity index (χ1) is 11.0. The summed E-state index contributed by atoms with van der Waals surface area (Å²) in [5, 5.41) is 6.07. The first-order valence-electron chi connectivity index (χ1n) is 6.70. The van der Waals surface area contributed by atoms with Gasteiger partial charge in [0.05, 0.1) is 13.0 Å². The number of hydrogen-bond acceptors (Lipinski definition) is 2. The Morgan fingerprint density at radius 1 is 0.957 bits per heavy atom. The van der Waals surface area contributed by atoms with E-state index in [2.05, 4.69) is 26.6 Å². The van der Waals surface area contributed by atoms with Gasteiger partial charge in [0.1, 0.15) is 0 Å². The van der Waals surface area contributed by atoms with E-state index in [0.29, 0.717) is 21.3 Å². The second-order valence-corrected chi connectivity index (χ2v) is 6.44. The van der Waals surface area contributed by atoms with Crippen molar-refractivity contribution in [1.29, 1.82) is 0 Å². The van der Waals surface area contributed by atoms with E-state index in [1.54, 1.807) is 30.3 Å². The molecule has 2 aromatic carbocycles. The second-order valence-electron chi connectivity index (χ2n) is 4.71. The van der Waals surface area contributed by atoms with Gasteiger partial charge in [-0.1, -0.05) is 45.2 Å². The number of benzene rings is 2. The molecule has 0 bridgehead atoms. The molecule has 0 spiro atoms. The lowest BCUT2D eigenvalue weighted by Gasteiger charge is -2.09. The summed E-state index contributed by atoms with van der Waals surface area (Å²) in [7, 11) is 0. The van der Waals surface area contributed by atoms with E-state index in [9.17, 15) is 9.59 Å². The van der Waals surface area contributed by atoms with Crippen molar-refractivity contribution in [3.05, 3.63) is 62.5 Å². The SMILES string of the molecule is O=C(Cc1c(Cl)cccc1Cl)NCC(=O)Nc1ccc(Br)cc1. The zero-order valence-electron chi connectivity index (χ0n) is 11.9. The molecule has 4 nitrogen and oxygen atoms in total. The highest BCUT2D eigenvalue weighted by Gasteiger charge is 2.12. The molecule has 0 aliphatic carbocycles. The third-order valence-electron chi connectivity index (χ3n) is 2.97. The Hall–Kier alpha value is -1.56. The number of carbonyl (C=O) groups excluding carboxylic acids is 2. The smallest absolute Gasteiger partial charge is 0.243 e. The monoisotopic (exact) mass is 414 g/mol. The number of amides is 2. The molecule has 0 saturated carbocycles. The summed E-state index contributed by atoms with van der Waals surface area (Å²) in [6.07, 6.45) is 0.0179. The molecular formula is C16H13BrCl2N2O2. The Morgan fingerprint density at radius 2 is 1.57 bits per heavy atom. The van der Waals surface area contributed by atoms with Crippen LogP contribution in [0.15, 0.2) is 46.9 Å². The van der Waals surface area contributed by atoms with Crippen molar-refractivity contribution in [2.24, 2.45) is 0 Å². The molecule has 2 N–H and O–H groups in total. The van der Waals surface area contributed by atoms with Gasteiger partial charge in [-0.15, -0.1) is 0 Å². The summed E-state index contributed by atoms with van der Waals surface area (Å²) in [5.74, 6) is -0.642.